The Morgan fingerprint density at radius 2 is 2.12 bits per heavy atom. The van der Waals surface area contributed by atoms with Gasteiger partial charge in [-0.05, 0) is 37.0 Å². The number of hydrogen-bond donors (Lipinski definition) is 2. The third kappa shape index (κ3) is 3.22. The Morgan fingerprint density at radius 3 is 2.75 bits per heavy atom. The van der Waals surface area contributed by atoms with Crippen molar-refractivity contribution >= 4 is 5.69 Å². The molecule has 2 N–H and O–H groups in total. The summed E-state index contributed by atoms with van der Waals surface area (Å²) in [5, 5.41) is 12.2. The Balaban J connectivity index is 1.80. The van der Waals surface area contributed by atoms with Crippen molar-refractivity contribution in [3.8, 4) is 0 Å². The fourth-order valence-corrected chi connectivity index (χ4v) is 1.96. The topological polar surface area (TPSA) is 41.5 Å². The molecular formula is C13H19NO2. The van der Waals surface area contributed by atoms with Crippen LogP contribution < -0.4 is 5.32 Å². The second-order valence-corrected chi connectivity index (χ2v) is 4.19. The van der Waals surface area contributed by atoms with Crippen LogP contribution in [-0.4, -0.2) is 31.0 Å². The number of rotatable bonds is 5. The fraction of sp³-hybridized carbons (Fsp3) is 0.538. The summed E-state index contributed by atoms with van der Waals surface area (Å²) < 4.78 is 5.54. The van der Waals surface area contributed by atoms with Gasteiger partial charge in [0.2, 0.25) is 0 Å². The molecule has 1 aromatic rings. The smallest absolute Gasteiger partial charge is 0.0748 e. The predicted molar refractivity (Wildman–Crippen MR) is 64.7 cm³/mol. The van der Waals surface area contributed by atoms with Gasteiger partial charge in [0.05, 0.1) is 6.10 Å². The van der Waals surface area contributed by atoms with Gasteiger partial charge in [0.15, 0.2) is 0 Å². The highest BCUT2D eigenvalue weighted by Crippen LogP contribution is 2.14. The molecule has 1 aromatic carbocycles. The summed E-state index contributed by atoms with van der Waals surface area (Å²) in [5.74, 6) is 0. The molecule has 3 heteroatoms. The van der Waals surface area contributed by atoms with E-state index < -0.39 is 0 Å². The maximum atomic E-state index is 8.80. The summed E-state index contributed by atoms with van der Waals surface area (Å²) >= 11 is 0. The second-order valence-electron chi connectivity index (χ2n) is 4.19. The van der Waals surface area contributed by atoms with Crippen LogP contribution in [0.15, 0.2) is 24.3 Å². The average Bonchev–Trinajstić information content (AvgIpc) is 2.82. The molecule has 0 spiro atoms. The normalized spacial score (nSPS) is 19.9. The van der Waals surface area contributed by atoms with Crippen LogP contribution in [0.2, 0.25) is 0 Å². The second kappa shape index (κ2) is 5.87. The molecule has 1 aliphatic heterocycles. The van der Waals surface area contributed by atoms with E-state index in [1.807, 2.05) is 12.1 Å². The van der Waals surface area contributed by atoms with Crippen molar-refractivity contribution in [2.75, 3.05) is 25.1 Å². The van der Waals surface area contributed by atoms with Gasteiger partial charge in [-0.2, -0.15) is 0 Å². The Bertz CT molecular complexity index is 304. The van der Waals surface area contributed by atoms with Crippen molar-refractivity contribution in [1.82, 2.24) is 0 Å². The van der Waals surface area contributed by atoms with Crippen LogP contribution in [0, 0.1) is 0 Å². The van der Waals surface area contributed by atoms with E-state index in [2.05, 4.69) is 17.4 Å². The van der Waals surface area contributed by atoms with Gasteiger partial charge in [0.25, 0.3) is 0 Å². The van der Waals surface area contributed by atoms with E-state index in [0.717, 1.165) is 31.7 Å². The number of aliphatic hydroxyl groups is 1. The largest absolute Gasteiger partial charge is 0.396 e. The van der Waals surface area contributed by atoms with Crippen LogP contribution in [0.1, 0.15) is 18.4 Å². The number of nitrogens with one attached hydrogen (secondary N) is 1. The minimum atomic E-state index is 0.211. The van der Waals surface area contributed by atoms with Crippen molar-refractivity contribution < 1.29 is 9.84 Å². The fourth-order valence-electron chi connectivity index (χ4n) is 1.96. The molecule has 1 unspecified atom stereocenters. The van der Waals surface area contributed by atoms with Crippen molar-refractivity contribution in [3.05, 3.63) is 29.8 Å². The molecule has 1 atom stereocenters. The first-order chi connectivity index (χ1) is 7.88. The summed E-state index contributed by atoms with van der Waals surface area (Å²) in [7, 11) is 0. The summed E-state index contributed by atoms with van der Waals surface area (Å²) in [4.78, 5) is 0. The lowest BCUT2D eigenvalue weighted by Crippen LogP contribution is -2.18. The molecule has 0 bridgehead atoms. The lowest BCUT2D eigenvalue weighted by Gasteiger charge is -2.12. The average molecular weight is 221 g/mol. The molecule has 0 aromatic heterocycles. The van der Waals surface area contributed by atoms with Gasteiger partial charge in [-0.15, -0.1) is 0 Å². The van der Waals surface area contributed by atoms with Gasteiger partial charge in [0, 0.05) is 25.4 Å². The monoisotopic (exact) mass is 221 g/mol. The van der Waals surface area contributed by atoms with E-state index in [4.69, 9.17) is 9.84 Å². The van der Waals surface area contributed by atoms with Crippen molar-refractivity contribution in [2.24, 2.45) is 0 Å². The highest BCUT2D eigenvalue weighted by Gasteiger charge is 2.14. The first kappa shape index (κ1) is 11.4. The Labute approximate surface area is 96.4 Å². The summed E-state index contributed by atoms with van der Waals surface area (Å²) in [5.41, 5.74) is 2.29. The van der Waals surface area contributed by atoms with Crippen LogP contribution in [0.3, 0.4) is 0 Å². The number of aliphatic hydroxyl groups excluding tert-OH is 1. The number of benzene rings is 1. The third-order valence-electron chi connectivity index (χ3n) is 2.91. The molecule has 3 nitrogen and oxygen atoms in total. The van der Waals surface area contributed by atoms with Gasteiger partial charge >= 0.3 is 0 Å². The zero-order chi connectivity index (χ0) is 11.2. The molecule has 0 aliphatic carbocycles. The Hall–Kier alpha value is -1.06. The maximum absolute atomic E-state index is 8.80. The first-order valence-corrected chi connectivity index (χ1v) is 5.94. The molecule has 0 amide bonds. The van der Waals surface area contributed by atoms with Crippen molar-refractivity contribution in [3.63, 3.8) is 0 Å². The van der Waals surface area contributed by atoms with Crippen LogP contribution in [0.25, 0.3) is 0 Å². The number of hydrogen-bond acceptors (Lipinski definition) is 3. The zero-order valence-corrected chi connectivity index (χ0v) is 9.48. The first-order valence-electron chi connectivity index (χ1n) is 5.94. The third-order valence-corrected chi connectivity index (χ3v) is 2.91. The quantitative estimate of drug-likeness (QED) is 0.796. The van der Waals surface area contributed by atoms with Crippen LogP contribution in [0.4, 0.5) is 5.69 Å². The van der Waals surface area contributed by atoms with Crippen molar-refractivity contribution in [2.45, 2.75) is 25.4 Å². The number of anilines is 1. The van der Waals surface area contributed by atoms with Gasteiger partial charge < -0.3 is 15.2 Å². The molecular weight excluding hydrogens is 202 g/mol. The molecule has 1 aliphatic rings. The highest BCUT2D eigenvalue weighted by atomic mass is 16.5. The molecule has 1 saturated heterocycles. The van der Waals surface area contributed by atoms with Gasteiger partial charge in [-0.3, -0.25) is 0 Å². The Kier molecular flexibility index (Phi) is 4.19. The van der Waals surface area contributed by atoms with Crippen LogP contribution in [0.5, 0.6) is 0 Å². The van der Waals surface area contributed by atoms with Crippen molar-refractivity contribution in [1.29, 1.82) is 0 Å². The number of ether oxygens (including phenoxy) is 1. The zero-order valence-electron chi connectivity index (χ0n) is 9.48. The lowest BCUT2D eigenvalue weighted by atomic mass is 10.1. The summed E-state index contributed by atoms with van der Waals surface area (Å²) in [6, 6.07) is 8.21. The maximum Gasteiger partial charge on any atom is 0.0748 e. The van der Waals surface area contributed by atoms with E-state index in [0.29, 0.717) is 6.10 Å². The predicted octanol–water partition coefficient (Wildman–Crippen LogP) is 1.81. The molecule has 0 radical (unpaired) electrons. The van der Waals surface area contributed by atoms with E-state index in [-0.39, 0.29) is 6.61 Å². The van der Waals surface area contributed by atoms with Gasteiger partial charge in [-0.1, -0.05) is 12.1 Å². The minimum absolute atomic E-state index is 0.211. The van der Waals surface area contributed by atoms with Crippen LogP contribution in [-0.2, 0) is 11.2 Å². The van der Waals surface area contributed by atoms with E-state index >= 15 is 0 Å². The molecule has 0 saturated carbocycles. The van der Waals surface area contributed by atoms with E-state index in [1.54, 1.807) is 0 Å². The van der Waals surface area contributed by atoms with Crippen LogP contribution >= 0.6 is 0 Å². The van der Waals surface area contributed by atoms with Gasteiger partial charge in [0.1, 0.15) is 0 Å². The van der Waals surface area contributed by atoms with Gasteiger partial charge in [-0.25, -0.2) is 0 Å². The molecule has 88 valence electrons. The Morgan fingerprint density at radius 1 is 1.31 bits per heavy atom. The SMILES string of the molecule is OCCc1ccc(NCC2CCCO2)cc1. The molecule has 1 fully saturated rings. The highest BCUT2D eigenvalue weighted by molar-refractivity contribution is 5.44. The standard InChI is InChI=1S/C13H19NO2/c15-8-7-11-3-5-12(6-4-11)14-10-13-2-1-9-16-13/h3-6,13-15H,1-2,7-10H2. The van der Waals surface area contributed by atoms with E-state index in [1.165, 1.54) is 12.0 Å². The molecule has 2 rings (SSSR count). The molecule has 16 heavy (non-hydrogen) atoms. The minimum Gasteiger partial charge on any atom is -0.396 e. The molecule has 1 heterocycles. The summed E-state index contributed by atoms with van der Waals surface area (Å²) in [6.07, 6.45) is 3.45. The lowest BCUT2D eigenvalue weighted by molar-refractivity contribution is 0.120. The summed E-state index contributed by atoms with van der Waals surface area (Å²) in [6.45, 7) is 2.00. The van der Waals surface area contributed by atoms with E-state index in [9.17, 15) is 0 Å².